The second-order valence-corrected chi connectivity index (χ2v) is 11.6. The van der Waals surface area contributed by atoms with Gasteiger partial charge in [0, 0.05) is 23.7 Å². The summed E-state index contributed by atoms with van der Waals surface area (Å²) in [6.45, 7) is 5.08. The van der Waals surface area contributed by atoms with Gasteiger partial charge in [-0.05, 0) is 44.2 Å². The Morgan fingerprint density at radius 2 is 1.85 bits per heavy atom. The Bertz CT molecular complexity index is 1130. The Morgan fingerprint density at radius 1 is 1.21 bits per heavy atom. The van der Waals surface area contributed by atoms with Gasteiger partial charge >= 0.3 is 5.97 Å². The molecule has 1 aliphatic heterocycles. The van der Waals surface area contributed by atoms with Crippen LogP contribution < -0.4 is 9.64 Å². The second-order valence-electron chi connectivity index (χ2n) is 8.84. The largest absolute Gasteiger partial charge is 0.488 e. The zero-order chi connectivity index (χ0) is 25.1. The first-order chi connectivity index (χ1) is 16.0. The number of nitrogens with zero attached hydrogens (tertiary/aromatic N) is 1. The molecule has 6 nitrogen and oxygen atoms in total. The highest BCUT2D eigenvalue weighted by Crippen LogP contribution is 2.46. The average molecular weight is 510 g/mol. The highest BCUT2D eigenvalue weighted by Gasteiger charge is 2.42. The van der Waals surface area contributed by atoms with Crippen LogP contribution in [-0.4, -0.2) is 52.3 Å². The van der Waals surface area contributed by atoms with Crippen molar-refractivity contribution in [3.63, 3.8) is 0 Å². The number of carbonyl (C=O) groups is 1. The molecule has 0 aromatic heterocycles. The number of fused-ring (bicyclic) bond motifs is 1. The summed E-state index contributed by atoms with van der Waals surface area (Å²) in [6, 6.07) is 13.0. The van der Waals surface area contributed by atoms with Gasteiger partial charge in [-0.1, -0.05) is 32.0 Å². The van der Waals surface area contributed by atoms with Crippen LogP contribution in [0.5, 0.6) is 5.75 Å². The summed E-state index contributed by atoms with van der Waals surface area (Å²) in [5.74, 6) is -0.827. The van der Waals surface area contributed by atoms with E-state index in [1.807, 2.05) is 50.4 Å². The fraction of sp³-hybridized carbons (Fsp3) is 0.480. The molecule has 9 heteroatoms. The van der Waals surface area contributed by atoms with Gasteiger partial charge in [0.2, 0.25) is 5.67 Å². The quantitative estimate of drug-likeness (QED) is 0.347. The molecule has 2 aromatic carbocycles. The van der Waals surface area contributed by atoms with E-state index in [-0.39, 0.29) is 16.4 Å². The molecule has 0 aliphatic carbocycles. The third kappa shape index (κ3) is 5.20. The molecular weight excluding hydrogens is 477 g/mol. The lowest BCUT2D eigenvalue weighted by atomic mass is 9.83. The van der Waals surface area contributed by atoms with Gasteiger partial charge in [0.15, 0.2) is 9.84 Å². The molecule has 3 rings (SSSR count). The molecule has 1 atom stereocenters. The van der Waals surface area contributed by atoms with Gasteiger partial charge in [-0.25, -0.2) is 17.6 Å². The number of esters is 1. The molecule has 0 N–H and O–H groups in total. The van der Waals surface area contributed by atoms with Crippen LogP contribution in [0.4, 0.5) is 15.8 Å². The molecule has 34 heavy (non-hydrogen) atoms. The summed E-state index contributed by atoms with van der Waals surface area (Å²) in [7, 11) is -2.58. The third-order valence-corrected chi connectivity index (χ3v) is 9.29. The number of anilines is 2. The fourth-order valence-electron chi connectivity index (χ4n) is 4.21. The van der Waals surface area contributed by atoms with Crippen molar-refractivity contribution in [3.8, 4) is 5.75 Å². The molecule has 1 heterocycles. The van der Waals surface area contributed by atoms with Gasteiger partial charge in [-0.15, -0.1) is 11.8 Å². The van der Waals surface area contributed by atoms with Crippen molar-refractivity contribution in [1.82, 2.24) is 0 Å². The number of thioether (sulfide) groups is 1. The summed E-state index contributed by atoms with van der Waals surface area (Å²) < 4.78 is 52.2. The minimum Gasteiger partial charge on any atom is -0.488 e. The van der Waals surface area contributed by atoms with E-state index in [9.17, 15) is 17.6 Å². The number of para-hydroxylation sites is 1. The summed E-state index contributed by atoms with van der Waals surface area (Å²) >= 11 is 1.36. The summed E-state index contributed by atoms with van der Waals surface area (Å²) in [6.07, 6.45) is 3.25. The molecule has 186 valence electrons. The number of halogens is 1. The SMILES string of the molecule is CCC1(CC)CN(c2ccccc2)c2cc(SC)c(OCC(C)(F)C(=O)OC)cc2S(=O)(=O)C1. The van der Waals surface area contributed by atoms with E-state index < -0.39 is 33.5 Å². The minimum absolute atomic E-state index is 0.00434. The number of carbonyl (C=O) groups excluding carboxylic acids is 1. The van der Waals surface area contributed by atoms with E-state index in [0.717, 1.165) is 19.7 Å². The summed E-state index contributed by atoms with van der Waals surface area (Å²) in [4.78, 5) is 14.6. The monoisotopic (exact) mass is 509 g/mol. The average Bonchev–Trinajstić information content (AvgIpc) is 2.94. The van der Waals surface area contributed by atoms with Crippen molar-refractivity contribution in [1.29, 1.82) is 0 Å². The Morgan fingerprint density at radius 3 is 2.41 bits per heavy atom. The van der Waals surface area contributed by atoms with Gasteiger partial charge in [0.05, 0.1) is 28.3 Å². The molecule has 0 saturated heterocycles. The van der Waals surface area contributed by atoms with Crippen molar-refractivity contribution in [2.45, 2.75) is 49.1 Å². The van der Waals surface area contributed by atoms with Crippen LogP contribution in [0.2, 0.25) is 0 Å². The van der Waals surface area contributed by atoms with Gasteiger partial charge < -0.3 is 14.4 Å². The van der Waals surface area contributed by atoms with E-state index >= 15 is 0 Å². The highest BCUT2D eigenvalue weighted by atomic mass is 32.2. The standard InChI is InChI=1S/C25H32FNO5S2/c1-6-25(7-2)15-27(18-11-9-8-10-12-18)19-13-21(33-5)20(14-22(19)34(29,30)17-25)32-16-24(3,26)23(28)31-4/h8-14H,6-7,15-17H2,1-5H3. The van der Waals surface area contributed by atoms with Gasteiger partial charge in [0.25, 0.3) is 0 Å². The third-order valence-electron chi connectivity index (χ3n) is 6.54. The lowest BCUT2D eigenvalue weighted by Crippen LogP contribution is -2.37. The maximum Gasteiger partial charge on any atom is 0.346 e. The van der Waals surface area contributed by atoms with Crippen LogP contribution in [-0.2, 0) is 19.4 Å². The number of alkyl halides is 1. The fourth-order valence-corrected chi connectivity index (χ4v) is 7.00. The topological polar surface area (TPSA) is 72.9 Å². The summed E-state index contributed by atoms with van der Waals surface area (Å²) in [5.41, 5.74) is -1.33. The Balaban J connectivity index is 2.17. The Kier molecular flexibility index (Phi) is 7.87. The lowest BCUT2D eigenvalue weighted by Gasteiger charge is -2.35. The van der Waals surface area contributed by atoms with E-state index in [1.54, 1.807) is 6.07 Å². The van der Waals surface area contributed by atoms with E-state index in [0.29, 0.717) is 30.0 Å². The first-order valence-corrected chi connectivity index (χ1v) is 14.1. The molecule has 0 fully saturated rings. The summed E-state index contributed by atoms with van der Waals surface area (Å²) in [5, 5.41) is 0. The highest BCUT2D eigenvalue weighted by molar-refractivity contribution is 7.98. The predicted octanol–water partition coefficient (Wildman–Crippen LogP) is 5.42. The Hall–Kier alpha value is -2.26. The van der Waals surface area contributed by atoms with Crippen LogP contribution in [0.3, 0.4) is 0 Å². The molecule has 0 spiro atoms. The van der Waals surface area contributed by atoms with Crippen LogP contribution in [0.15, 0.2) is 52.3 Å². The normalized spacial score (nSPS) is 18.4. The molecule has 1 aliphatic rings. The number of rotatable bonds is 8. The molecule has 2 aromatic rings. The number of sulfone groups is 1. The Labute approximate surface area is 205 Å². The molecule has 0 bridgehead atoms. The molecule has 0 amide bonds. The molecule has 1 unspecified atom stereocenters. The maximum absolute atomic E-state index is 14.7. The van der Waals surface area contributed by atoms with Crippen LogP contribution in [0, 0.1) is 5.41 Å². The first-order valence-electron chi connectivity index (χ1n) is 11.2. The maximum atomic E-state index is 14.7. The lowest BCUT2D eigenvalue weighted by molar-refractivity contribution is -0.155. The van der Waals surface area contributed by atoms with Crippen molar-refractivity contribution in [2.24, 2.45) is 5.41 Å². The van der Waals surface area contributed by atoms with Crippen molar-refractivity contribution < 1.29 is 27.1 Å². The van der Waals surface area contributed by atoms with Gasteiger partial charge in [0.1, 0.15) is 12.4 Å². The van der Waals surface area contributed by atoms with Gasteiger partial charge in [-0.2, -0.15) is 0 Å². The van der Waals surface area contributed by atoms with E-state index in [2.05, 4.69) is 9.64 Å². The van der Waals surface area contributed by atoms with Crippen LogP contribution >= 0.6 is 11.8 Å². The number of hydrogen-bond acceptors (Lipinski definition) is 7. The molecule has 0 radical (unpaired) electrons. The van der Waals surface area contributed by atoms with Crippen LogP contribution in [0.25, 0.3) is 0 Å². The number of benzene rings is 2. The molecule has 0 saturated carbocycles. The smallest absolute Gasteiger partial charge is 0.346 e. The van der Waals surface area contributed by atoms with Crippen molar-refractivity contribution in [3.05, 3.63) is 42.5 Å². The molecular formula is C25H32FNO5S2. The van der Waals surface area contributed by atoms with E-state index in [4.69, 9.17) is 4.74 Å². The predicted molar refractivity (Wildman–Crippen MR) is 134 cm³/mol. The van der Waals surface area contributed by atoms with Crippen molar-refractivity contribution in [2.75, 3.05) is 37.2 Å². The van der Waals surface area contributed by atoms with Crippen LogP contribution in [0.1, 0.15) is 33.6 Å². The second kappa shape index (κ2) is 10.2. The zero-order valence-electron chi connectivity index (χ0n) is 20.3. The van der Waals surface area contributed by atoms with Gasteiger partial charge in [-0.3, -0.25) is 0 Å². The number of hydrogen-bond donors (Lipinski definition) is 0. The number of ether oxygens (including phenoxy) is 2. The zero-order valence-corrected chi connectivity index (χ0v) is 21.9. The number of methoxy groups -OCH3 is 1. The first kappa shape index (κ1) is 26.3. The van der Waals surface area contributed by atoms with Crippen molar-refractivity contribution >= 4 is 38.9 Å². The minimum atomic E-state index is -3.69. The van der Waals surface area contributed by atoms with E-state index in [1.165, 1.54) is 17.8 Å².